The molecular formula is C15H16BrClFNS. The van der Waals surface area contributed by atoms with Crippen molar-refractivity contribution >= 4 is 38.9 Å². The Bertz CT molecular complexity index is 573. The summed E-state index contributed by atoms with van der Waals surface area (Å²) in [7, 11) is 0. The van der Waals surface area contributed by atoms with E-state index in [4.69, 9.17) is 11.6 Å². The Balaban J connectivity index is 2.21. The summed E-state index contributed by atoms with van der Waals surface area (Å²) in [5, 5.41) is 5.79. The van der Waals surface area contributed by atoms with Gasteiger partial charge in [-0.25, -0.2) is 4.39 Å². The molecule has 0 fully saturated rings. The summed E-state index contributed by atoms with van der Waals surface area (Å²) in [5.41, 5.74) is 0.838. The SMILES string of the molecule is CCCNC(Cc1cccc(F)c1Cl)c1cc(Br)cs1. The van der Waals surface area contributed by atoms with E-state index < -0.39 is 0 Å². The van der Waals surface area contributed by atoms with Crippen molar-refractivity contribution < 1.29 is 4.39 Å². The molecule has 0 bridgehead atoms. The standard InChI is InChI=1S/C15H16BrClFNS/c1-2-6-19-13(14-8-11(16)9-20-14)7-10-4-3-5-12(18)15(10)17/h3-5,8-9,13,19H,2,6-7H2,1H3. The summed E-state index contributed by atoms with van der Waals surface area (Å²) >= 11 is 11.2. The Morgan fingerprint density at radius 1 is 1.45 bits per heavy atom. The molecule has 0 aliphatic carbocycles. The number of rotatable bonds is 6. The number of thiophene rings is 1. The quantitative estimate of drug-likeness (QED) is 0.693. The van der Waals surface area contributed by atoms with Gasteiger partial charge in [0.1, 0.15) is 5.82 Å². The number of hydrogen-bond donors (Lipinski definition) is 1. The summed E-state index contributed by atoms with van der Waals surface area (Å²) in [4.78, 5) is 1.23. The summed E-state index contributed by atoms with van der Waals surface area (Å²) in [6.07, 6.45) is 1.74. The summed E-state index contributed by atoms with van der Waals surface area (Å²) < 4.78 is 14.6. The molecular weight excluding hydrogens is 361 g/mol. The second-order valence-corrected chi connectivity index (χ2v) is 6.83. The first-order valence-corrected chi connectivity index (χ1v) is 8.57. The van der Waals surface area contributed by atoms with Gasteiger partial charge in [-0.2, -0.15) is 0 Å². The van der Waals surface area contributed by atoms with Crippen LogP contribution in [-0.4, -0.2) is 6.54 Å². The maximum atomic E-state index is 13.5. The van der Waals surface area contributed by atoms with Gasteiger partial charge in [0.25, 0.3) is 0 Å². The highest BCUT2D eigenvalue weighted by Crippen LogP contribution is 2.30. The number of halogens is 3. The monoisotopic (exact) mass is 375 g/mol. The van der Waals surface area contributed by atoms with Crippen molar-refractivity contribution in [1.82, 2.24) is 5.32 Å². The van der Waals surface area contributed by atoms with Gasteiger partial charge in [0.05, 0.1) is 5.02 Å². The molecule has 0 aliphatic rings. The second kappa shape index (κ2) is 7.55. The van der Waals surface area contributed by atoms with E-state index in [9.17, 15) is 4.39 Å². The van der Waals surface area contributed by atoms with E-state index in [2.05, 4.69) is 39.6 Å². The maximum Gasteiger partial charge on any atom is 0.142 e. The second-order valence-electron chi connectivity index (χ2n) is 4.59. The Labute approximate surface area is 136 Å². The molecule has 2 rings (SSSR count). The molecule has 0 saturated heterocycles. The number of hydrogen-bond acceptors (Lipinski definition) is 2. The van der Waals surface area contributed by atoms with Crippen molar-refractivity contribution in [3.05, 3.63) is 55.4 Å². The minimum atomic E-state index is -0.356. The highest BCUT2D eigenvalue weighted by Gasteiger charge is 2.16. The molecule has 0 amide bonds. The predicted octanol–water partition coefficient (Wildman–Crippen LogP) is 5.59. The van der Waals surface area contributed by atoms with Crippen LogP contribution in [0.5, 0.6) is 0 Å². The van der Waals surface area contributed by atoms with Crippen molar-refractivity contribution in [3.8, 4) is 0 Å². The van der Waals surface area contributed by atoms with Gasteiger partial charge >= 0.3 is 0 Å². The van der Waals surface area contributed by atoms with E-state index in [-0.39, 0.29) is 16.9 Å². The summed E-state index contributed by atoms with van der Waals surface area (Å²) in [6.45, 7) is 3.05. The molecule has 1 aromatic carbocycles. The van der Waals surface area contributed by atoms with Gasteiger partial charge < -0.3 is 5.32 Å². The zero-order valence-corrected chi connectivity index (χ0v) is 14.3. The van der Waals surface area contributed by atoms with E-state index >= 15 is 0 Å². The molecule has 0 spiro atoms. The van der Waals surface area contributed by atoms with Crippen LogP contribution in [0, 0.1) is 5.82 Å². The molecule has 5 heteroatoms. The van der Waals surface area contributed by atoms with Crippen LogP contribution in [0.3, 0.4) is 0 Å². The maximum absolute atomic E-state index is 13.5. The molecule has 0 radical (unpaired) electrons. The third-order valence-corrected chi connectivity index (χ3v) is 5.26. The molecule has 20 heavy (non-hydrogen) atoms. The largest absolute Gasteiger partial charge is 0.309 e. The van der Waals surface area contributed by atoms with E-state index in [0.717, 1.165) is 23.0 Å². The molecule has 1 heterocycles. The third kappa shape index (κ3) is 4.04. The highest BCUT2D eigenvalue weighted by molar-refractivity contribution is 9.10. The predicted molar refractivity (Wildman–Crippen MR) is 88.2 cm³/mol. The van der Waals surface area contributed by atoms with Crippen molar-refractivity contribution in [1.29, 1.82) is 0 Å². The van der Waals surface area contributed by atoms with Gasteiger partial charge in [-0.05, 0) is 53.0 Å². The molecule has 1 unspecified atom stereocenters. The first-order valence-electron chi connectivity index (χ1n) is 6.52. The van der Waals surface area contributed by atoms with Gasteiger partial charge in [-0.3, -0.25) is 0 Å². The Morgan fingerprint density at radius 2 is 2.25 bits per heavy atom. The van der Waals surface area contributed by atoms with Gasteiger partial charge in [-0.1, -0.05) is 30.7 Å². The number of nitrogens with one attached hydrogen (secondary N) is 1. The van der Waals surface area contributed by atoms with E-state index in [0.29, 0.717) is 6.42 Å². The van der Waals surface area contributed by atoms with E-state index in [1.165, 1.54) is 10.9 Å². The highest BCUT2D eigenvalue weighted by atomic mass is 79.9. The third-order valence-electron chi connectivity index (χ3n) is 3.03. The zero-order chi connectivity index (χ0) is 14.5. The van der Waals surface area contributed by atoms with Crippen molar-refractivity contribution in [3.63, 3.8) is 0 Å². The lowest BCUT2D eigenvalue weighted by Crippen LogP contribution is -2.23. The smallest absolute Gasteiger partial charge is 0.142 e. The lowest BCUT2D eigenvalue weighted by molar-refractivity contribution is 0.534. The summed E-state index contributed by atoms with van der Waals surface area (Å²) in [5.74, 6) is -0.356. The van der Waals surface area contributed by atoms with Crippen LogP contribution in [-0.2, 0) is 6.42 Å². The lowest BCUT2D eigenvalue weighted by atomic mass is 10.0. The van der Waals surface area contributed by atoms with Gasteiger partial charge in [0.2, 0.25) is 0 Å². The summed E-state index contributed by atoms with van der Waals surface area (Å²) in [6, 6.07) is 7.24. The molecule has 0 aliphatic heterocycles. The van der Waals surface area contributed by atoms with Crippen LogP contribution in [0.15, 0.2) is 34.1 Å². The fourth-order valence-electron chi connectivity index (χ4n) is 2.03. The zero-order valence-electron chi connectivity index (χ0n) is 11.1. The molecule has 108 valence electrons. The molecule has 1 N–H and O–H groups in total. The van der Waals surface area contributed by atoms with Gasteiger partial charge in [0.15, 0.2) is 0 Å². The van der Waals surface area contributed by atoms with Crippen LogP contribution < -0.4 is 5.32 Å². The Hall–Kier alpha value is -0.420. The van der Waals surface area contributed by atoms with Crippen molar-refractivity contribution in [2.24, 2.45) is 0 Å². The molecule has 1 aromatic heterocycles. The number of benzene rings is 1. The topological polar surface area (TPSA) is 12.0 Å². The average molecular weight is 377 g/mol. The normalized spacial score (nSPS) is 12.6. The lowest BCUT2D eigenvalue weighted by Gasteiger charge is -2.18. The van der Waals surface area contributed by atoms with Gasteiger partial charge in [-0.15, -0.1) is 11.3 Å². The minimum absolute atomic E-state index is 0.158. The minimum Gasteiger partial charge on any atom is -0.309 e. The van der Waals surface area contributed by atoms with Crippen LogP contribution in [0.4, 0.5) is 4.39 Å². The van der Waals surface area contributed by atoms with Crippen LogP contribution in [0.2, 0.25) is 5.02 Å². The van der Waals surface area contributed by atoms with Crippen LogP contribution >= 0.6 is 38.9 Å². The first kappa shape index (κ1) is 16.0. The fourth-order valence-corrected chi connectivity index (χ4v) is 3.75. The Morgan fingerprint density at radius 3 is 2.90 bits per heavy atom. The fraction of sp³-hybridized carbons (Fsp3) is 0.333. The molecule has 1 nitrogen and oxygen atoms in total. The van der Waals surface area contributed by atoms with E-state index in [1.54, 1.807) is 17.4 Å². The Kier molecular flexibility index (Phi) is 6.02. The van der Waals surface area contributed by atoms with Crippen molar-refractivity contribution in [2.75, 3.05) is 6.54 Å². The first-order chi connectivity index (χ1) is 9.61. The average Bonchev–Trinajstić information content (AvgIpc) is 2.86. The van der Waals surface area contributed by atoms with Crippen LogP contribution in [0.25, 0.3) is 0 Å². The molecule has 0 saturated carbocycles. The molecule has 1 atom stereocenters. The van der Waals surface area contributed by atoms with Crippen molar-refractivity contribution in [2.45, 2.75) is 25.8 Å². The van der Waals surface area contributed by atoms with Crippen LogP contribution in [0.1, 0.15) is 29.8 Å². The van der Waals surface area contributed by atoms with E-state index in [1.807, 2.05) is 6.07 Å². The van der Waals surface area contributed by atoms with Gasteiger partial charge in [0, 0.05) is 20.8 Å². The molecule has 2 aromatic rings.